The number of nitrogens with zero attached hydrogens (tertiary/aromatic N) is 4. The number of carbonyl (C=O) groups excluding carboxylic acids is 1. The molecule has 2 heterocycles. The fourth-order valence-electron chi connectivity index (χ4n) is 4.33. The van der Waals surface area contributed by atoms with Gasteiger partial charge >= 0.3 is 0 Å². The maximum atomic E-state index is 13.3. The van der Waals surface area contributed by atoms with E-state index in [4.69, 9.17) is 0 Å². The minimum Gasteiger partial charge on any atom is -0.394 e. The summed E-state index contributed by atoms with van der Waals surface area (Å²) in [6, 6.07) is 4.32. The molecule has 2 atom stereocenters. The van der Waals surface area contributed by atoms with Crippen molar-refractivity contribution in [3.05, 3.63) is 23.9 Å². The van der Waals surface area contributed by atoms with Crippen molar-refractivity contribution in [2.24, 2.45) is 0 Å². The summed E-state index contributed by atoms with van der Waals surface area (Å²) in [7, 11) is 6.12. The molecule has 1 aliphatic heterocycles. The van der Waals surface area contributed by atoms with Gasteiger partial charge in [-0.1, -0.05) is 19.3 Å². The maximum Gasteiger partial charge on any atom is 0.257 e. The molecular formula is C20H32N4O2. The summed E-state index contributed by atoms with van der Waals surface area (Å²) < 4.78 is 0. The maximum absolute atomic E-state index is 13.3. The van der Waals surface area contributed by atoms with Crippen LogP contribution in [-0.4, -0.2) is 78.2 Å². The molecule has 1 saturated heterocycles. The lowest BCUT2D eigenvalue weighted by Gasteiger charge is -2.33. The molecule has 0 spiro atoms. The number of hydrogen-bond acceptors (Lipinski definition) is 5. The van der Waals surface area contributed by atoms with Gasteiger partial charge in [0.1, 0.15) is 5.82 Å². The van der Waals surface area contributed by atoms with Crippen molar-refractivity contribution in [3.63, 3.8) is 0 Å². The molecule has 1 aromatic rings. The van der Waals surface area contributed by atoms with E-state index in [0.717, 1.165) is 25.1 Å². The van der Waals surface area contributed by atoms with Gasteiger partial charge in [-0.05, 0) is 45.5 Å². The molecular weight excluding hydrogens is 328 g/mol. The third kappa shape index (κ3) is 3.86. The number of aliphatic hydroxyl groups excluding tert-OH is 1. The molecule has 0 radical (unpaired) electrons. The van der Waals surface area contributed by atoms with Gasteiger partial charge in [0, 0.05) is 31.9 Å². The van der Waals surface area contributed by atoms with Crippen molar-refractivity contribution < 1.29 is 9.90 Å². The molecule has 26 heavy (non-hydrogen) atoms. The third-order valence-corrected chi connectivity index (χ3v) is 6.07. The van der Waals surface area contributed by atoms with Gasteiger partial charge in [-0.3, -0.25) is 4.79 Å². The number of anilines is 1. The van der Waals surface area contributed by atoms with E-state index in [9.17, 15) is 9.90 Å². The molecule has 1 aromatic heterocycles. The highest BCUT2D eigenvalue weighted by Gasteiger charge is 2.37. The van der Waals surface area contributed by atoms with Gasteiger partial charge < -0.3 is 19.8 Å². The van der Waals surface area contributed by atoms with E-state index >= 15 is 0 Å². The molecule has 2 fully saturated rings. The summed E-state index contributed by atoms with van der Waals surface area (Å²) in [6.07, 6.45) is 8.68. The van der Waals surface area contributed by atoms with E-state index in [0.29, 0.717) is 18.2 Å². The SMILES string of the molecule is CN(c1ncccc1C(=O)N1C[C@H](N(C)C)C[C@H]1CO)C1CCCCC1. The second kappa shape index (κ2) is 8.35. The van der Waals surface area contributed by atoms with Gasteiger partial charge in [-0.2, -0.15) is 0 Å². The second-order valence-corrected chi connectivity index (χ2v) is 7.92. The molecule has 2 aliphatic rings. The number of aromatic nitrogens is 1. The predicted molar refractivity (Wildman–Crippen MR) is 104 cm³/mol. The molecule has 0 bridgehead atoms. The first-order chi connectivity index (χ1) is 12.5. The fraction of sp³-hybridized carbons (Fsp3) is 0.700. The van der Waals surface area contributed by atoms with Gasteiger partial charge in [0.05, 0.1) is 18.2 Å². The smallest absolute Gasteiger partial charge is 0.257 e. The molecule has 1 saturated carbocycles. The van der Waals surface area contributed by atoms with Crippen LogP contribution in [-0.2, 0) is 0 Å². The van der Waals surface area contributed by atoms with Crippen molar-refractivity contribution in [3.8, 4) is 0 Å². The molecule has 1 amide bonds. The van der Waals surface area contributed by atoms with E-state index in [2.05, 4.69) is 21.8 Å². The van der Waals surface area contributed by atoms with Crippen LogP contribution in [0.4, 0.5) is 5.82 Å². The first-order valence-electron chi connectivity index (χ1n) is 9.79. The van der Waals surface area contributed by atoms with Gasteiger partial charge in [0.2, 0.25) is 0 Å². The number of carbonyl (C=O) groups is 1. The monoisotopic (exact) mass is 360 g/mol. The quantitative estimate of drug-likeness (QED) is 0.870. The van der Waals surface area contributed by atoms with Gasteiger partial charge in [-0.15, -0.1) is 0 Å². The standard InChI is InChI=1S/C20H32N4O2/c1-22(2)16-12-17(14-25)24(13-16)20(26)18-10-7-11-21-19(18)23(3)15-8-5-4-6-9-15/h7,10-11,15-17,25H,4-6,8-9,12-14H2,1-3H3/t16-,17+/m1/s1. The van der Waals surface area contributed by atoms with Crippen LogP contribution < -0.4 is 4.90 Å². The predicted octanol–water partition coefficient (Wildman–Crippen LogP) is 1.99. The minimum atomic E-state index is -0.122. The van der Waals surface area contributed by atoms with E-state index in [-0.39, 0.29) is 24.6 Å². The summed E-state index contributed by atoms with van der Waals surface area (Å²) in [6.45, 7) is 0.655. The highest BCUT2D eigenvalue weighted by atomic mass is 16.3. The second-order valence-electron chi connectivity index (χ2n) is 7.92. The first kappa shape index (κ1) is 19.1. The summed E-state index contributed by atoms with van der Waals surface area (Å²) >= 11 is 0. The Kier molecular flexibility index (Phi) is 6.14. The zero-order valence-electron chi connectivity index (χ0n) is 16.3. The number of likely N-dealkylation sites (tertiary alicyclic amines) is 1. The van der Waals surface area contributed by atoms with Crippen molar-refractivity contribution >= 4 is 11.7 Å². The van der Waals surface area contributed by atoms with Crippen molar-refractivity contribution in [1.29, 1.82) is 0 Å². The number of likely N-dealkylation sites (N-methyl/N-ethyl adjacent to an activating group) is 1. The van der Waals surface area contributed by atoms with E-state index < -0.39 is 0 Å². The first-order valence-corrected chi connectivity index (χ1v) is 9.79. The van der Waals surface area contributed by atoms with E-state index in [1.165, 1.54) is 19.3 Å². The van der Waals surface area contributed by atoms with Crippen molar-refractivity contribution in [2.75, 3.05) is 39.2 Å². The summed E-state index contributed by atoms with van der Waals surface area (Å²) in [5.74, 6) is 0.758. The average Bonchev–Trinajstić information content (AvgIpc) is 3.12. The van der Waals surface area contributed by atoms with Crippen LogP contribution in [0.3, 0.4) is 0 Å². The molecule has 0 aromatic carbocycles. The number of pyridine rings is 1. The Balaban J connectivity index is 1.83. The van der Waals surface area contributed by atoms with Crippen LogP contribution in [0.2, 0.25) is 0 Å². The Hall–Kier alpha value is -1.66. The lowest BCUT2D eigenvalue weighted by Crippen LogP contribution is -2.41. The normalized spacial score (nSPS) is 24.3. The molecule has 0 unspecified atom stereocenters. The fourth-order valence-corrected chi connectivity index (χ4v) is 4.33. The summed E-state index contributed by atoms with van der Waals surface area (Å²) in [5.41, 5.74) is 0.651. The molecule has 1 aliphatic carbocycles. The zero-order chi connectivity index (χ0) is 18.7. The largest absolute Gasteiger partial charge is 0.394 e. The van der Waals surface area contributed by atoms with Crippen LogP contribution in [0.1, 0.15) is 48.9 Å². The summed E-state index contributed by atoms with van der Waals surface area (Å²) in [5, 5.41) is 9.78. The lowest BCUT2D eigenvalue weighted by atomic mass is 9.94. The number of rotatable bonds is 5. The van der Waals surface area contributed by atoms with Crippen molar-refractivity contribution in [1.82, 2.24) is 14.8 Å². The van der Waals surface area contributed by atoms with Crippen LogP contribution in [0.5, 0.6) is 0 Å². The van der Waals surface area contributed by atoms with E-state index in [1.807, 2.05) is 31.1 Å². The molecule has 144 valence electrons. The van der Waals surface area contributed by atoms with Gasteiger partial charge in [0.15, 0.2) is 0 Å². The Morgan fingerprint density at radius 1 is 1.23 bits per heavy atom. The van der Waals surface area contributed by atoms with Crippen LogP contribution >= 0.6 is 0 Å². The van der Waals surface area contributed by atoms with Crippen LogP contribution in [0.25, 0.3) is 0 Å². The summed E-state index contributed by atoms with van der Waals surface area (Å²) in [4.78, 5) is 24.0. The molecule has 6 heteroatoms. The number of aliphatic hydroxyl groups is 1. The molecule has 3 rings (SSSR count). The minimum absolute atomic E-state index is 0.00411. The molecule has 1 N–H and O–H groups in total. The lowest BCUT2D eigenvalue weighted by molar-refractivity contribution is 0.0673. The van der Waals surface area contributed by atoms with Crippen LogP contribution in [0, 0.1) is 0 Å². The Morgan fingerprint density at radius 2 is 1.96 bits per heavy atom. The van der Waals surface area contributed by atoms with Gasteiger partial charge in [-0.25, -0.2) is 4.98 Å². The zero-order valence-corrected chi connectivity index (χ0v) is 16.3. The molecule has 6 nitrogen and oxygen atoms in total. The van der Waals surface area contributed by atoms with Crippen molar-refractivity contribution in [2.45, 2.75) is 56.7 Å². The van der Waals surface area contributed by atoms with Crippen LogP contribution in [0.15, 0.2) is 18.3 Å². The Labute approximate surface area is 156 Å². The highest BCUT2D eigenvalue weighted by molar-refractivity contribution is 5.99. The number of hydrogen-bond donors (Lipinski definition) is 1. The van der Waals surface area contributed by atoms with Gasteiger partial charge in [0.25, 0.3) is 5.91 Å². The average molecular weight is 361 g/mol. The highest BCUT2D eigenvalue weighted by Crippen LogP contribution is 2.29. The number of amides is 1. The topological polar surface area (TPSA) is 59.9 Å². The third-order valence-electron chi connectivity index (χ3n) is 6.07. The Bertz CT molecular complexity index is 616. The Morgan fingerprint density at radius 3 is 2.62 bits per heavy atom. The van der Waals surface area contributed by atoms with E-state index in [1.54, 1.807) is 6.20 Å².